The van der Waals surface area contributed by atoms with Crippen molar-refractivity contribution >= 4 is 35.1 Å². The summed E-state index contributed by atoms with van der Waals surface area (Å²) in [7, 11) is 0. The molecule has 268 valence electrons. The molecule has 5 heterocycles. The van der Waals surface area contributed by atoms with Crippen LogP contribution in [0.1, 0.15) is 104 Å². The second-order valence-corrected chi connectivity index (χ2v) is 12.4. The first kappa shape index (κ1) is 38.9. The molecule has 0 unspecified atom stereocenters. The summed E-state index contributed by atoms with van der Waals surface area (Å²) < 4.78 is 6.53. The minimum atomic E-state index is -0.609. The third-order valence-electron chi connectivity index (χ3n) is 8.99. The van der Waals surface area contributed by atoms with Gasteiger partial charge in [0.25, 0.3) is 5.56 Å². The first-order chi connectivity index (χ1) is 24.5. The zero-order valence-corrected chi connectivity index (χ0v) is 29.8. The van der Waals surface area contributed by atoms with Crippen molar-refractivity contribution in [2.24, 2.45) is 11.7 Å². The number of esters is 1. The molecule has 2 aliphatic carbocycles. The summed E-state index contributed by atoms with van der Waals surface area (Å²) in [6.07, 6.45) is 19.0. The Kier molecular flexibility index (Phi) is 15.3. The van der Waals surface area contributed by atoms with E-state index in [1.54, 1.807) is 48.3 Å². The Morgan fingerprint density at radius 1 is 0.784 bits per heavy atom. The highest BCUT2D eigenvalue weighted by molar-refractivity contribution is 6.12. The van der Waals surface area contributed by atoms with E-state index < -0.39 is 5.97 Å². The molecule has 12 heteroatoms. The van der Waals surface area contributed by atoms with E-state index in [2.05, 4.69) is 19.9 Å². The molecule has 0 aliphatic heterocycles. The topological polar surface area (TPSA) is 156 Å². The number of rotatable bonds is 7. The van der Waals surface area contributed by atoms with Gasteiger partial charge in [0.1, 0.15) is 16.9 Å². The summed E-state index contributed by atoms with van der Waals surface area (Å²) in [4.78, 5) is 53.5. The number of fused-ring (bicyclic) bond motifs is 1. The number of pyridine rings is 4. The summed E-state index contributed by atoms with van der Waals surface area (Å²) >= 11 is 0. The number of halogens is 1. The lowest BCUT2D eigenvalue weighted by Gasteiger charge is -2.23. The molecule has 0 radical (unpaired) electrons. The van der Waals surface area contributed by atoms with Gasteiger partial charge in [-0.25, -0.2) is 14.5 Å². The molecule has 0 atom stereocenters. The molecule has 2 saturated carbocycles. The molecule has 2 aliphatic rings. The van der Waals surface area contributed by atoms with Gasteiger partial charge in [-0.3, -0.25) is 24.5 Å². The number of hydrogen-bond acceptors (Lipinski definition) is 10. The highest BCUT2D eigenvalue weighted by Crippen LogP contribution is 2.29. The molecule has 0 amide bonds. The lowest BCUT2D eigenvalue weighted by atomic mass is 9.90. The standard InChI is InChI=1S/C18H18N4O.C14H12N2O3.C7H15N.ClH/c23-18-17-14(9-6-12-20-17)16(15-10-4-5-11-19-15)21-22(18)13-7-2-1-3-8-13;1-2-19-14(18)12-10(6-5-9-16-12)13(17)11-7-3-4-8-15-11;8-6-7-4-2-1-3-5-7;/h4-6,9-13H,1-3,7-8H2;3-9H,2H2,1H3;7H,1-6,8H2;1H. The molecule has 7 rings (SSSR count). The van der Waals surface area contributed by atoms with E-state index >= 15 is 0 Å². The monoisotopic (exact) mass is 711 g/mol. The maximum atomic E-state index is 12.8. The zero-order valence-electron chi connectivity index (χ0n) is 29.0. The Bertz CT molecular complexity index is 1900. The molecule has 5 aromatic heterocycles. The van der Waals surface area contributed by atoms with E-state index in [1.165, 1.54) is 57.0 Å². The minimum absolute atomic E-state index is 0. The largest absolute Gasteiger partial charge is 0.461 e. The van der Waals surface area contributed by atoms with Crippen LogP contribution in [0.15, 0.2) is 90.2 Å². The highest BCUT2D eigenvalue weighted by Gasteiger charge is 2.22. The normalized spacial score (nSPS) is 14.5. The SMILES string of the molecule is CCOC(=O)c1ncccc1C(=O)c1ccccn1.Cl.NCC1CCCCC1.O=c1c2ncccc2c(-c2ccccn2)nn1C1CCCCC1. The third kappa shape index (κ3) is 10.3. The molecule has 11 nitrogen and oxygen atoms in total. The van der Waals surface area contributed by atoms with Gasteiger partial charge in [0, 0.05) is 30.2 Å². The Hall–Kier alpha value is -4.87. The molecular weight excluding hydrogens is 666 g/mol. The maximum absolute atomic E-state index is 12.8. The smallest absolute Gasteiger partial charge is 0.357 e. The summed E-state index contributed by atoms with van der Waals surface area (Å²) in [5.74, 6) is -0.0946. The predicted molar refractivity (Wildman–Crippen MR) is 200 cm³/mol. The van der Waals surface area contributed by atoms with Crippen LogP contribution in [0.25, 0.3) is 22.3 Å². The van der Waals surface area contributed by atoms with Gasteiger partial charge in [-0.1, -0.05) is 50.7 Å². The van der Waals surface area contributed by atoms with Gasteiger partial charge in [-0.05, 0) is 93.6 Å². The van der Waals surface area contributed by atoms with Crippen molar-refractivity contribution in [3.05, 3.63) is 113 Å². The van der Waals surface area contributed by atoms with Gasteiger partial charge < -0.3 is 10.5 Å². The number of carbonyl (C=O) groups is 2. The fourth-order valence-electron chi connectivity index (χ4n) is 6.36. The zero-order chi connectivity index (χ0) is 35.1. The number of carbonyl (C=O) groups excluding carboxylic acids is 2. The van der Waals surface area contributed by atoms with Crippen molar-refractivity contribution in [1.29, 1.82) is 0 Å². The molecule has 0 saturated heterocycles. The fraction of sp³-hybridized carbons (Fsp3) is 0.385. The molecule has 0 bridgehead atoms. The van der Waals surface area contributed by atoms with Crippen LogP contribution in [0, 0.1) is 5.92 Å². The van der Waals surface area contributed by atoms with Gasteiger partial charge >= 0.3 is 5.97 Å². The number of hydrogen-bond donors (Lipinski definition) is 1. The summed E-state index contributed by atoms with van der Waals surface area (Å²) in [6, 6.07) is 17.8. The van der Waals surface area contributed by atoms with Crippen molar-refractivity contribution < 1.29 is 14.3 Å². The van der Waals surface area contributed by atoms with Crippen molar-refractivity contribution in [1.82, 2.24) is 29.7 Å². The van der Waals surface area contributed by atoms with Crippen LogP contribution in [0.3, 0.4) is 0 Å². The number of ether oxygens (including phenoxy) is 1. The van der Waals surface area contributed by atoms with Crippen LogP contribution < -0.4 is 11.3 Å². The Balaban J connectivity index is 0.000000188. The molecule has 51 heavy (non-hydrogen) atoms. The molecular formula is C39H46ClN7O4. The van der Waals surface area contributed by atoms with Gasteiger partial charge in [-0.15, -0.1) is 12.4 Å². The fourth-order valence-corrected chi connectivity index (χ4v) is 6.36. The van der Waals surface area contributed by atoms with Gasteiger partial charge in [0.15, 0.2) is 5.69 Å². The summed E-state index contributed by atoms with van der Waals surface area (Å²) in [6.45, 7) is 2.84. The second-order valence-electron chi connectivity index (χ2n) is 12.4. The first-order valence-corrected chi connectivity index (χ1v) is 17.6. The van der Waals surface area contributed by atoms with Crippen LogP contribution in [-0.4, -0.2) is 54.6 Å². The molecule has 0 aromatic carbocycles. The number of ketones is 1. The first-order valence-electron chi connectivity index (χ1n) is 17.6. The van der Waals surface area contributed by atoms with Gasteiger partial charge in [-0.2, -0.15) is 5.10 Å². The Morgan fingerprint density at radius 3 is 2.06 bits per heavy atom. The van der Waals surface area contributed by atoms with E-state index in [0.717, 1.165) is 54.9 Å². The van der Waals surface area contributed by atoms with E-state index in [1.807, 2.05) is 30.3 Å². The van der Waals surface area contributed by atoms with E-state index in [-0.39, 0.29) is 53.3 Å². The minimum Gasteiger partial charge on any atom is -0.461 e. The molecule has 2 fully saturated rings. The van der Waals surface area contributed by atoms with Crippen LogP contribution in [0.2, 0.25) is 0 Å². The van der Waals surface area contributed by atoms with Crippen LogP contribution in [0.4, 0.5) is 0 Å². The molecule has 2 N–H and O–H groups in total. The van der Waals surface area contributed by atoms with Crippen molar-refractivity contribution in [2.75, 3.05) is 13.2 Å². The average Bonchev–Trinajstić information content (AvgIpc) is 3.20. The average molecular weight is 712 g/mol. The van der Waals surface area contributed by atoms with Gasteiger partial charge in [0.2, 0.25) is 5.78 Å². The number of aromatic nitrogens is 6. The summed E-state index contributed by atoms with van der Waals surface area (Å²) in [5.41, 5.74) is 7.87. The lowest BCUT2D eigenvalue weighted by Crippen LogP contribution is -2.30. The van der Waals surface area contributed by atoms with E-state index in [9.17, 15) is 14.4 Å². The van der Waals surface area contributed by atoms with Crippen molar-refractivity contribution in [3.63, 3.8) is 0 Å². The quantitative estimate of drug-likeness (QED) is 0.135. The van der Waals surface area contributed by atoms with Crippen molar-refractivity contribution in [3.8, 4) is 11.4 Å². The van der Waals surface area contributed by atoms with Crippen LogP contribution in [0.5, 0.6) is 0 Å². The van der Waals surface area contributed by atoms with Crippen LogP contribution >= 0.6 is 12.4 Å². The number of nitrogens with two attached hydrogens (primary N) is 1. The highest BCUT2D eigenvalue weighted by atomic mass is 35.5. The summed E-state index contributed by atoms with van der Waals surface area (Å²) in [5, 5.41) is 5.46. The Morgan fingerprint density at radius 2 is 1.43 bits per heavy atom. The Labute approximate surface area is 304 Å². The number of nitrogens with zero attached hydrogens (tertiary/aromatic N) is 6. The van der Waals surface area contributed by atoms with E-state index in [0.29, 0.717) is 5.52 Å². The maximum Gasteiger partial charge on any atom is 0.357 e. The van der Waals surface area contributed by atoms with Crippen LogP contribution in [-0.2, 0) is 4.74 Å². The predicted octanol–water partition coefficient (Wildman–Crippen LogP) is 7.19. The third-order valence-corrected chi connectivity index (χ3v) is 8.99. The van der Waals surface area contributed by atoms with E-state index in [4.69, 9.17) is 15.6 Å². The second kappa shape index (κ2) is 20.1. The molecule has 0 spiro atoms. The lowest BCUT2D eigenvalue weighted by molar-refractivity contribution is 0.0516. The molecule has 5 aromatic rings. The van der Waals surface area contributed by atoms with Crippen molar-refractivity contribution in [2.45, 2.75) is 77.2 Å². The van der Waals surface area contributed by atoms with Gasteiger partial charge in [0.05, 0.1) is 23.9 Å².